The van der Waals surface area contributed by atoms with E-state index in [0.29, 0.717) is 0 Å². The third-order valence-corrected chi connectivity index (χ3v) is 10.8. The Morgan fingerprint density at radius 2 is 0.922 bits per heavy atom. The van der Waals surface area contributed by atoms with Crippen molar-refractivity contribution in [3.05, 3.63) is 163 Å². The van der Waals surface area contributed by atoms with Crippen molar-refractivity contribution in [3.63, 3.8) is 0 Å². The Labute approximate surface area is 301 Å². The molecule has 0 aliphatic heterocycles. The van der Waals surface area contributed by atoms with Crippen molar-refractivity contribution in [3.8, 4) is 33.4 Å². The molecule has 1 nitrogen and oxygen atoms in total. The maximum Gasteiger partial charge on any atom is 0.0577 e. The number of rotatable bonds is 4. The minimum atomic E-state index is -0.0599. The molecule has 0 heterocycles. The predicted octanol–water partition coefficient (Wildman–Crippen LogP) is 14.5. The van der Waals surface area contributed by atoms with Gasteiger partial charge < -0.3 is 4.90 Å². The normalized spacial score (nSPS) is 12.5. The molecule has 0 bridgehead atoms. The summed E-state index contributed by atoms with van der Waals surface area (Å²) < 4.78 is 0. The smallest absolute Gasteiger partial charge is 0.0577 e. The lowest BCUT2D eigenvalue weighted by molar-refractivity contribution is 0.590. The van der Waals surface area contributed by atoms with Crippen LogP contribution in [0.25, 0.3) is 65.7 Å². The van der Waals surface area contributed by atoms with E-state index in [1.165, 1.54) is 93.9 Å². The lowest BCUT2D eigenvalue weighted by Gasteiger charge is -2.34. The SMILES string of the molecule is CC(C)(C)c1ccc(N(c2ccc3cc4c(cc3c2)-c2cc3cc(-c5ccccc5)ccc3cc2-4)c2c(C(C)(C)C)ccc3ccccc23)cc1. The van der Waals surface area contributed by atoms with E-state index in [9.17, 15) is 0 Å². The topological polar surface area (TPSA) is 3.24 Å². The standard InChI is InChI=1S/C50H43N/c1-49(2,3)39-20-23-40(24-21-39)51(48-42-15-11-10-14-33(42)19-25-47(48)50(4,5)6)41-22-18-36-29-44-43-28-35-17-16-34(32-12-8-7-9-13-32)26-37(35)30-45(43)46(44)31-38(36)27-41/h7-31H,1-6H3. The van der Waals surface area contributed by atoms with Gasteiger partial charge in [-0.15, -0.1) is 0 Å². The van der Waals surface area contributed by atoms with E-state index in [0.717, 1.165) is 0 Å². The number of hydrogen-bond acceptors (Lipinski definition) is 1. The monoisotopic (exact) mass is 657 g/mol. The minimum Gasteiger partial charge on any atom is -0.310 e. The van der Waals surface area contributed by atoms with Crippen LogP contribution < -0.4 is 4.90 Å². The van der Waals surface area contributed by atoms with Crippen LogP contribution in [-0.4, -0.2) is 0 Å². The van der Waals surface area contributed by atoms with Crippen molar-refractivity contribution < 1.29 is 0 Å². The van der Waals surface area contributed by atoms with Gasteiger partial charge in [-0.1, -0.05) is 139 Å². The molecule has 0 radical (unpaired) electrons. The lowest BCUT2D eigenvalue weighted by atomic mass is 9.77. The van der Waals surface area contributed by atoms with Gasteiger partial charge in [0.05, 0.1) is 5.69 Å². The van der Waals surface area contributed by atoms with Crippen molar-refractivity contribution in [2.45, 2.75) is 52.4 Å². The number of hydrogen-bond donors (Lipinski definition) is 0. The molecular weight excluding hydrogens is 615 g/mol. The van der Waals surface area contributed by atoms with Gasteiger partial charge in [0.2, 0.25) is 0 Å². The zero-order chi connectivity index (χ0) is 35.1. The van der Waals surface area contributed by atoms with Crippen molar-refractivity contribution in [1.29, 1.82) is 0 Å². The van der Waals surface area contributed by atoms with E-state index in [2.05, 4.69) is 198 Å². The van der Waals surface area contributed by atoms with Gasteiger partial charge in [-0.2, -0.15) is 0 Å². The summed E-state index contributed by atoms with van der Waals surface area (Å²) in [6, 6.07) is 56.8. The average Bonchev–Trinajstić information content (AvgIpc) is 3.13. The Bertz CT molecular complexity index is 2630. The molecule has 1 heteroatoms. The number of benzene rings is 8. The van der Waals surface area contributed by atoms with E-state index in [4.69, 9.17) is 0 Å². The zero-order valence-corrected chi connectivity index (χ0v) is 30.4. The van der Waals surface area contributed by atoms with E-state index in [1.54, 1.807) is 0 Å². The molecule has 0 N–H and O–H groups in total. The Morgan fingerprint density at radius 3 is 1.57 bits per heavy atom. The van der Waals surface area contributed by atoms with Crippen LogP contribution in [0.2, 0.25) is 0 Å². The van der Waals surface area contributed by atoms with Crippen molar-refractivity contribution in [1.82, 2.24) is 0 Å². The fraction of sp³-hybridized carbons (Fsp3) is 0.160. The van der Waals surface area contributed by atoms with Crippen molar-refractivity contribution in [2.24, 2.45) is 0 Å². The van der Waals surface area contributed by atoms with Crippen LogP contribution in [0.5, 0.6) is 0 Å². The quantitative estimate of drug-likeness (QED) is 0.182. The Morgan fingerprint density at radius 1 is 0.373 bits per heavy atom. The van der Waals surface area contributed by atoms with Gasteiger partial charge in [-0.05, 0) is 137 Å². The zero-order valence-electron chi connectivity index (χ0n) is 30.4. The summed E-state index contributed by atoms with van der Waals surface area (Å²) in [5, 5.41) is 7.59. The maximum absolute atomic E-state index is 2.50. The molecule has 0 atom stereocenters. The number of nitrogens with zero attached hydrogens (tertiary/aromatic N) is 1. The molecule has 0 spiro atoms. The van der Waals surface area contributed by atoms with Crippen LogP contribution in [-0.2, 0) is 10.8 Å². The summed E-state index contributed by atoms with van der Waals surface area (Å²) in [5.74, 6) is 0. The van der Waals surface area contributed by atoms with Gasteiger partial charge in [0.1, 0.15) is 0 Å². The van der Waals surface area contributed by atoms with Crippen LogP contribution in [0.15, 0.2) is 152 Å². The first kappa shape index (κ1) is 31.3. The van der Waals surface area contributed by atoms with Gasteiger partial charge in [0.25, 0.3) is 0 Å². The average molecular weight is 658 g/mol. The lowest BCUT2D eigenvalue weighted by Crippen LogP contribution is -2.20. The van der Waals surface area contributed by atoms with Crippen LogP contribution in [0.1, 0.15) is 52.7 Å². The van der Waals surface area contributed by atoms with E-state index >= 15 is 0 Å². The second-order valence-electron chi connectivity index (χ2n) is 16.3. The van der Waals surface area contributed by atoms with Gasteiger partial charge in [-0.25, -0.2) is 0 Å². The Hall–Kier alpha value is -5.66. The molecule has 8 aromatic rings. The first-order valence-corrected chi connectivity index (χ1v) is 18.2. The molecule has 248 valence electrons. The van der Waals surface area contributed by atoms with Crippen LogP contribution >= 0.6 is 0 Å². The van der Waals surface area contributed by atoms with Crippen molar-refractivity contribution >= 4 is 49.4 Å². The minimum absolute atomic E-state index is 0.0599. The van der Waals surface area contributed by atoms with E-state index in [1.807, 2.05) is 0 Å². The van der Waals surface area contributed by atoms with Crippen LogP contribution in [0.3, 0.4) is 0 Å². The van der Waals surface area contributed by atoms with Gasteiger partial charge in [0.15, 0.2) is 0 Å². The van der Waals surface area contributed by atoms with E-state index in [-0.39, 0.29) is 10.8 Å². The molecule has 0 aromatic heterocycles. The second kappa shape index (κ2) is 11.4. The highest BCUT2D eigenvalue weighted by atomic mass is 15.1. The molecule has 0 unspecified atom stereocenters. The predicted molar refractivity (Wildman–Crippen MR) is 221 cm³/mol. The van der Waals surface area contributed by atoms with Crippen LogP contribution in [0, 0.1) is 0 Å². The second-order valence-corrected chi connectivity index (χ2v) is 16.3. The molecule has 8 aromatic carbocycles. The molecule has 9 rings (SSSR count). The largest absolute Gasteiger partial charge is 0.310 e. The van der Waals surface area contributed by atoms with Gasteiger partial charge in [0, 0.05) is 16.8 Å². The van der Waals surface area contributed by atoms with Gasteiger partial charge >= 0.3 is 0 Å². The highest BCUT2D eigenvalue weighted by Crippen LogP contribution is 2.52. The number of anilines is 3. The molecule has 51 heavy (non-hydrogen) atoms. The first-order valence-electron chi connectivity index (χ1n) is 18.2. The summed E-state index contributed by atoms with van der Waals surface area (Å²) in [7, 11) is 0. The summed E-state index contributed by atoms with van der Waals surface area (Å²) in [6.45, 7) is 13.8. The van der Waals surface area contributed by atoms with Gasteiger partial charge in [-0.3, -0.25) is 0 Å². The first-order chi connectivity index (χ1) is 24.5. The Balaban J connectivity index is 1.21. The van der Waals surface area contributed by atoms with Crippen LogP contribution in [0.4, 0.5) is 17.1 Å². The summed E-state index contributed by atoms with van der Waals surface area (Å²) in [6.07, 6.45) is 0. The van der Waals surface area contributed by atoms with Crippen molar-refractivity contribution in [2.75, 3.05) is 4.90 Å². The summed E-state index contributed by atoms with van der Waals surface area (Å²) in [5.41, 5.74) is 14.1. The third kappa shape index (κ3) is 5.31. The molecule has 1 aliphatic rings. The molecule has 0 saturated heterocycles. The third-order valence-electron chi connectivity index (χ3n) is 10.8. The van der Waals surface area contributed by atoms with E-state index < -0.39 is 0 Å². The molecule has 1 aliphatic carbocycles. The Kier molecular flexibility index (Phi) is 7.03. The highest BCUT2D eigenvalue weighted by Gasteiger charge is 2.28. The maximum atomic E-state index is 2.50. The highest BCUT2D eigenvalue weighted by molar-refractivity contribution is 6.12. The molecule has 0 saturated carbocycles. The molecular formula is C50H43N. The summed E-state index contributed by atoms with van der Waals surface area (Å²) >= 11 is 0. The summed E-state index contributed by atoms with van der Waals surface area (Å²) in [4.78, 5) is 2.50. The molecule has 0 amide bonds. The fourth-order valence-corrected chi connectivity index (χ4v) is 7.98. The molecule has 0 fully saturated rings. The fourth-order valence-electron chi connectivity index (χ4n) is 7.98. The number of fused-ring (bicyclic) bond motifs is 7.